The maximum atomic E-state index is 13.3. The number of carbonyl (C=O) groups is 3. The molecule has 178 valence electrons. The number of amides is 2. The molecule has 2 amide bonds. The van der Waals surface area contributed by atoms with Gasteiger partial charge < -0.3 is 25.0 Å². The highest BCUT2D eigenvalue weighted by atomic mass is 16.5. The zero-order valence-corrected chi connectivity index (χ0v) is 18.8. The number of nitrogens with zero attached hydrogens (tertiary/aromatic N) is 2. The lowest BCUT2D eigenvalue weighted by atomic mass is 10.1. The number of aliphatic hydroxyl groups excluding tert-OH is 1. The molecule has 2 aromatic rings. The van der Waals surface area contributed by atoms with E-state index in [0.717, 1.165) is 0 Å². The summed E-state index contributed by atoms with van der Waals surface area (Å²) >= 11 is 0. The zero-order valence-electron chi connectivity index (χ0n) is 18.8. The molecule has 1 aliphatic rings. The Kier molecular flexibility index (Phi) is 7.42. The van der Waals surface area contributed by atoms with Gasteiger partial charge in [-0.2, -0.15) is 0 Å². The van der Waals surface area contributed by atoms with E-state index in [1.807, 2.05) is 0 Å². The molecule has 10 heteroatoms. The first-order valence-corrected chi connectivity index (χ1v) is 10.2. The minimum atomic E-state index is -1.29. The number of benzene rings is 2. The summed E-state index contributed by atoms with van der Waals surface area (Å²) in [5.74, 6) is -2.60. The third kappa shape index (κ3) is 4.96. The highest BCUT2D eigenvalue weighted by Gasteiger charge is 2.39. The second-order valence-corrected chi connectivity index (χ2v) is 7.29. The Balaban J connectivity index is 2.04. The normalized spacial score (nSPS) is 13.7. The summed E-state index contributed by atoms with van der Waals surface area (Å²) in [6.07, 6.45) is 0. The molecule has 0 fully saturated rings. The Labute approximate surface area is 196 Å². The predicted molar refractivity (Wildman–Crippen MR) is 122 cm³/mol. The number of para-hydroxylation sites is 2. The van der Waals surface area contributed by atoms with Crippen LogP contribution in [0.15, 0.2) is 72.4 Å². The Hall–Kier alpha value is -4.47. The molecule has 3 rings (SSSR count). The molecule has 1 heterocycles. The third-order valence-electron chi connectivity index (χ3n) is 5.23. The molecule has 0 saturated carbocycles. The summed E-state index contributed by atoms with van der Waals surface area (Å²) < 4.78 is 10.7. The van der Waals surface area contributed by atoms with E-state index in [1.165, 1.54) is 24.0 Å². The standard InChI is InChI=1S/C24H25N3O7/c1-15-26(13-16-8-4-6-10-18(16)33-2)23(31)21(22(30)25-12-20(28)29)24(32)27(15)14-17-9-5-7-11-19(17)34-3/h4-11,31H,1,12-14H2,2-3H3,(H,25,30)(H,28,29). The fourth-order valence-corrected chi connectivity index (χ4v) is 3.53. The van der Waals surface area contributed by atoms with Crippen LogP contribution in [-0.4, -0.2) is 58.6 Å². The number of nitrogens with one attached hydrogen (secondary N) is 1. The van der Waals surface area contributed by atoms with Crippen LogP contribution in [0.25, 0.3) is 0 Å². The van der Waals surface area contributed by atoms with Crippen LogP contribution in [0.1, 0.15) is 11.1 Å². The molecular weight excluding hydrogens is 442 g/mol. The van der Waals surface area contributed by atoms with Crippen molar-refractivity contribution in [2.45, 2.75) is 13.1 Å². The molecule has 0 radical (unpaired) electrons. The van der Waals surface area contributed by atoms with Gasteiger partial charge in [0.05, 0.1) is 27.3 Å². The van der Waals surface area contributed by atoms with E-state index in [1.54, 1.807) is 48.5 Å². The van der Waals surface area contributed by atoms with Crippen LogP contribution < -0.4 is 14.8 Å². The van der Waals surface area contributed by atoms with Gasteiger partial charge in [0.2, 0.25) is 5.88 Å². The van der Waals surface area contributed by atoms with Gasteiger partial charge in [-0.05, 0) is 12.1 Å². The van der Waals surface area contributed by atoms with Gasteiger partial charge in [0, 0.05) is 11.1 Å². The summed E-state index contributed by atoms with van der Waals surface area (Å²) in [6.45, 7) is 3.28. The number of hydrogen-bond donors (Lipinski definition) is 3. The lowest BCUT2D eigenvalue weighted by Gasteiger charge is -2.38. The van der Waals surface area contributed by atoms with Crippen LogP contribution in [0.4, 0.5) is 0 Å². The first-order chi connectivity index (χ1) is 16.3. The molecule has 0 aliphatic carbocycles. The highest BCUT2D eigenvalue weighted by molar-refractivity contribution is 6.20. The molecular formula is C24H25N3O7. The smallest absolute Gasteiger partial charge is 0.322 e. The van der Waals surface area contributed by atoms with Crippen LogP contribution in [0.5, 0.6) is 11.5 Å². The average molecular weight is 467 g/mol. The van der Waals surface area contributed by atoms with Crippen molar-refractivity contribution in [2.75, 3.05) is 20.8 Å². The number of ether oxygens (including phenoxy) is 2. The van der Waals surface area contributed by atoms with Gasteiger partial charge in [0.25, 0.3) is 11.8 Å². The van der Waals surface area contributed by atoms with Crippen molar-refractivity contribution in [2.24, 2.45) is 0 Å². The number of methoxy groups -OCH3 is 2. The van der Waals surface area contributed by atoms with Crippen molar-refractivity contribution in [3.05, 3.63) is 83.5 Å². The van der Waals surface area contributed by atoms with Crippen LogP contribution in [0, 0.1) is 0 Å². The Bertz CT molecular complexity index is 1160. The monoisotopic (exact) mass is 467 g/mol. The highest BCUT2D eigenvalue weighted by Crippen LogP contribution is 2.32. The van der Waals surface area contributed by atoms with Crippen molar-refractivity contribution in [1.82, 2.24) is 15.1 Å². The van der Waals surface area contributed by atoms with Gasteiger partial charge >= 0.3 is 5.97 Å². The van der Waals surface area contributed by atoms with Crippen molar-refractivity contribution in [3.8, 4) is 11.5 Å². The number of rotatable bonds is 9. The van der Waals surface area contributed by atoms with E-state index >= 15 is 0 Å². The number of carboxylic acids is 1. The summed E-state index contributed by atoms with van der Waals surface area (Å²) in [6, 6.07) is 14.1. The van der Waals surface area contributed by atoms with Gasteiger partial charge in [-0.25, -0.2) is 0 Å². The van der Waals surface area contributed by atoms with Gasteiger partial charge in [-0.15, -0.1) is 0 Å². The summed E-state index contributed by atoms with van der Waals surface area (Å²) in [7, 11) is 3.00. The van der Waals surface area contributed by atoms with E-state index in [0.29, 0.717) is 22.6 Å². The molecule has 0 spiro atoms. The summed E-state index contributed by atoms with van der Waals surface area (Å²) in [4.78, 5) is 39.5. The first kappa shape index (κ1) is 24.2. The van der Waals surface area contributed by atoms with E-state index in [9.17, 15) is 19.5 Å². The minimum absolute atomic E-state index is 0.00685. The Morgan fingerprint density at radius 3 is 1.94 bits per heavy atom. The minimum Gasteiger partial charge on any atom is -0.496 e. The first-order valence-electron chi connectivity index (χ1n) is 10.2. The maximum Gasteiger partial charge on any atom is 0.322 e. The predicted octanol–water partition coefficient (Wildman–Crippen LogP) is 1.99. The zero-order chi connectivity index (χ0) is 24.8. The lowest BCUT2D eigenvalue weighted by Crippen LogP contribution is -2.48. The number of carboxylic acid groups (broad SMARTS) is 1. The topological polar surface area (TPSA) is 129 Å². The fourth-order valence-electron chi connectivity index (χ4n) is 3.53. The summed E-state index contributed by atoms with van der Waals surface area (Å²) in [5, 5.41) is 22.0. The largest absolute Gasteiger partial charge is 0.496 e. The molecule has 0 atom stereocenters. The number of carbonyl (C=O) groups excluding carboxylic acids is 2. The molecule has 10 nitrogen and oxygen atoms in total. The third-order valence-corrected chi connectivity index (χ3v) is 5.23. The van der Waals surface area contributed by atoms with Crippen molar-refractivity contribution < 1.29 is 34.1 Å². The van der Waals surface area contributed by atoms with Crippen LogP contribution in [0.3, 0.4) is 0 Å². The lowest BCUT2D eigenvalue weighted by molar-refractivity contribution is -0.139. The van der Waals surface area contributed by atoms with Gasteiger partial charge in [-0.1, -0.05) is 43.0 Å². The van der Waals surface area contributed by atoms with E-state index in [4.69, 9.17) is 14.6 Å². The molecule has 34 heavy (non-hydrogen) atoms. The molecule has 1 aliphatic heterocycles. The SMILES string of the molecule is C=C1N(Cc2ccccc2OC)C(=O)C(C(=O)NCC(=O)O)=C(O)N1Cc1ccccc1OC. The molecule has 0 unspecified atom stereocenters. The van der Waals surface area contributed by atoms with Crippen molar-refractivity contribution >= 4 is 17.8 Å². The van der Waals surface area contributed by atoms with Crippen LogP contribution in [-0.2, 0) is 27.5 Å². The van der Waals surface area contributed by atoms with Crippen LogP contribution >= 0.6 is 0 Å². The van der Waals surface area contributed by atoms with E-state index < -0.39 is 35.8 Å². The molecule has 0 aromatic heterocycles. The Morgan fingerprint density at radius 2 is 1.44 bits per heavy atom. The number of aliphatic hydroxyl groups is 1. The maximum absolute atomic E-state index is 13.3. The van der Waals surface area contributed by atoms with Crippen LogP contribution in [0.2, 0.25) is 0 Å². The molecule has 0 bridgehead atoms. The molecule has 2 aromatic carbocycles. The molecule has 0 saturated heterocycles. The average Bonchev–Trinajstić information content (AvgIpc) is 2.83. The van der Waals surface area contributed by atoms with Gasteiger partial charge in [0.15, 0.2) is 5.57 Å². The van der Waals surface area contributed by atoms with Gasteiger partial charge in [-0.3, -0.25) is 24.2 Å². The Morgan fingerprint density at radius 1 is 0.941 bits per heavy atom. The quantitative estimate of drug-likeness (QED) is 0.478. The second-order valence-electron chi connectivity index (χ2n) is 7.29. The van der Waals surface area contributed by atoms with E-state index in [-0.39, 0.29) is 18.9 Å². The number of hydrogen-bond acceptors (Lipinski definition) is 7. The van der Waals surface area contributed by atoms with Gasteiger partial charge in [0.1, 0.15) is 23.9 Å². The van der Waals surface area contributed by atoms with E-state index in [2.05, 4.69) is 11.9 Å². The summed E-state index contributed by atoms with van der Waals surface area (Å²) in [5.41, 5.74) is 0.705. The second kappa shape index (κ2) is 10.4. The molecule has 3 N–H and O–H groups in total. The van der Waals surface area contributed by atoms with Crippen molar-refractivity contribution in [3.63, 3.8) is 0 Å². The number of aliphatic carboxylic acids is 1. The van der Waals surface area contributed by atoms with Crippen molar-refractivity contribution in [1.29, 1.82) is 0 Å². The fraction of sp³-hybridized carbons (Fsp3) is 0.208.